The summed E-state index contributed by atoms with van der Waals surface area (Å²) in [6.07, 6.45) is 0. The van der Waals surface area contributed by atoms with Gasteiger partial charge in [-0.05, 0) is 59.7 Å². The van der Waals surface area contributed by atoms with Crippen LogP contribution in [0.4, 0.5) is 17.1 Å². The first-order valence-electron chi connectivity index (χ1n) is 19.7. The van der Waals surface area contributed by atoms with Crippen molar-refractivity contribution >= 4 is 82.7 Å². The number of aromatic nitrogens is 1. The SMILES string of the molecule is c1ccc(-c2cccc3c2oc2c(N(c4cccc(-c5cccc6c7ccccc7n(-c7ccccc7)c56)c4)c4cccc5c4oc4ccccc45)cccc23)cc1. The number of benzene rings is 9. The highest BCUT2D eigenvalue weighted by atomic mass is 16.3. The monoisotopic (exact) mass is 742 g/mol. The molecule has 0 bridgehead atoms. The predicted molar refractivity (Wildman–Crippen MR) is 241 cm³/mol. The molecule has 4 heteroatoms. The molecule has 0 amide bonds. The number of hydrogen-bond acceptors (Lipinski definition) is 3. The topological polar surface area (TPSA) is 34.5 Å². The van der Waals surface area contributed by atoms with Gasteiger partial charge in [-0.3, -0.25) is 0 Å². The van der Waals surface area contributed by atoms with E-state index in [9.17, 15) is 0 Å². The Hall–Kier alpha value is -7.82. The van der Waals surface area contributed by atoms with Crippen molar-refractivity contribution in [3.05, 3.63) is 206 Å². The minimum Gasteiger partial charge on any atom is -0.454 e. The molecular formula is C54H34N2O2. The summed E-state index contributed by atoms with van der Waals surface area (Å²) in [5, 5.41) is 6.73. The Morgan fingerprint density at radius 2 is 0.914 bits per heavy atom. The Morgan fingerprint density at radius 3 is 1.71 bits per heavy atom. The quantitative estimate of drug-likeness (QED) is 0.170. The maximum absolute atomic E-state index is 7.06. The molecule has 272 valence electrons. The molecular weight excluding hydrogens is 709 g/mol. The van der Waals surface area contributed by atoms with Gasteiger partial charge < -0.3 is 18.3 Å². The molecule has 12 aromatic rings. The second kappa shape index (κ2) is 12.9. The lowest BCUT2D eigenvalue weighted by Crippen LogP contribution is -2.10. The van der Waals surface area contributed by atoms with E-state index in [2.05, 4.69) is 198 Å². The number of fused-ring (bicyclic) bond motifs is 9. The first-order chi connectivity index (χ1) is 28.8. The Morgan fingerprint density at radius 1 is 0.362 bits per heavy atom. The third kappa shape index (κ3) is 4.88. The average Bonchev–Trinajstić information content (AvgIpc) is 3.98. The van der Waals surface area contributed by atoms with Gasteiger partial charge >= 0.3 is 0 Å². The number of anilines is 3. The molecule has 0 fully saturated rings. The zero-order chi connectivity index (χ0) is 38.2. The van der Waals surface area contributed by atoms with E-state index in [4.69, 9.17) is 8.83 Å². The maximum atomic E-state index is 7.06. The van der Waals surface area contributed by atoms with Gasteiger partial charge in [-0.15, -0.1) is 0 Å². The third-order valence-electron chi connectivity index (χ3n) is 11.6. The van der Waals surface area contributed by atoms with Gasteiger partial charge in [0.05, 0.1) is 22.4 Å². The Bertz CT molecular complexity index is 3520. The molecule has 9 aromatic carbocycles. The molecule has 0 spiro atoms. The fraction of sp³-hybridized carbons (Fsp3) is 0. The predicted octanol–water partition coefficient (Wildman–Crippen LogP) is 15.4. The maximum Gasteiger partial charge on any atom is 0.159 e. The fourth-order valence-corrected chi connectivity index (χ4v) is 9.05. The molecule has 0 N–H and O–H groups in total. The van der Waals surface area contributed by atoms with Crippen molar-refractivity contribution in [2.24, 2.45) is 0 Å². The lowest BCUT2D eigenvalue weighted by molar-refractivity contribution is 0.666. The molecule has 0 saturated heterocycles. The van der Waals surface area contributed by atoms with E-state index in [0.29, 0.717) is 0 Å². The van der Waals surface area contributed by atoms with Gasteiger partial charge in [0.15, 0.2) is 11.2 Å². The van der Waals surface area contributed by atoms with Crippen molar-refractivity contribution in [2.75, 3.05) is 4.90 Å². The van der Waals surface area contributed by atoms with E-state index in [1.807, 2.05) is 18.2 Å². The minimum absolute atomic E-state index is 0.811. The molecule has 0 aliphatic carbocycles. The molecule has 0 radical (unpaired) electrons. The van der Waals surface area contributed by atoms with Gasteiger partial charge in [-0.25, -0.2) is 0 Å². The molecule has 0 aliphatic heterocycles. The normalized spacial score (nSPS) is 11.8. The third-order valence-corrected chi connectivity index (χ3v) is 11.6. The second-order valence-corrected chi connectivity index (χ2v) is 14.8. The van der Waals surface area contributed by atoms with Crippen LogP contribution in [0.25, 0.3) is 93.6 Å². The lowest BCUT2D eigenvalue weighted by atomic mass is 10.0. The van der Waals surface area contributed by atoms with Crippen LogP contribution < -0.4 is 4.90 Å². The average molecular weight is 743 g/mol. The Labute approximate surface area is 334 Å². The van der Waals surface area contributed by atoms with Crippen LogP contribution in [-0.2, 0) is 0 Å². The van der Waals surface area contributed by atoms with Crippen LogP contribution in [-0.4, -0.2) is 4.57 Å². The molecule has 4 nitrogen and oxygen atoms in total. The first kappa shape index (κ1) is 32.4. The summed E-state index contributed by atoms with van der Waals surface area (Å²) < 4.78 is 16.2. The van der Waals surface area contributed by atoms with Crippen molar-refractivity contribution in [1.82, 2.24) is 4.57 Å². The van der Waals surface area contributed by atoms with Gasteiger partial charge in [0.2, 0.25) is 0 Å². The van der Waals surface area contributed by atoms with Crippen LogP contribution in [0.5, 0.6) is 0 Å². The van der Waals surface area contributed by atoms with E-state index in [-0.39, 0.29) is 0 Å². The zero-order valence-corrected chi connectivity index (χ0v) is 31.3. The molecule has 0 unspecified atom stereocenters. The number of rotatable bonds is 6. The Balaban J connectivity index is 1.14. The molecule has 12 rings (SSSR count). The van der Waals surface area contributed by atoms with E-state index in [1.165, 1.54) is 21.8 Å². The van der Waals surface area contributed by atoms with E-state index >= 15 is 0 Å². The molecule has 58 heavy (non-hydrogen) atoms. The van der Waals surface area contributed by atoms with E-state index < -0.39 is 0 Å². The van der Waals surface area contributed by atoms with Gasteiger partial charge in [0.25, 0.3) is 0 Å². The molecule has 3 heterocycles. The van der Waals surface area contributed by atoms with Crippen molar-refractivity contribution in [3.8, 4) is 27.9 Å². The molecule has 0 aliphatic rings. The van der Waals surface area contributed by atoms with Gasteiger partial charge in [-0.1, -0.05) is 158 Å². The number of nitrogens with zero attached hydrogens (tertiary/aromatic N) is 2. The summed E-state index contributed by atoms with van der Waals surface area (Å²) in [7, 11) is 0. The molecule has 0 saturated carbocycles. The summed E-state index contributed by atoms with van der Waals surface area (Å²) in [4.78, 5) is 2.31. The van der Waals surface area contributed by atoms with Crippen LogP contribution in [0.2, 0.25) is 0 Å². The van der Waals surface area contributed by atoms with Gasteiger partial charge in [-0.2, -0.15) is 0 Å². The number of hydrogen-bond donors (Lipinski definition) is 0. The van der Waals surface area contributed by atoms with E-state index in [1.54, 1.807) is 0 Å². The summed E-state index contributed by atoms with van der Waals surface area (Å²) in [5.74, 6) is 0. The number of para-hydroxylation sites is 7. The van der Waals surface area contributed by atoms with Crippen molar-refractivity contribution < 1.29 is 8.83 Å². The smallest absolute Gasteiger partial charge is 0.159 e. The summed E-state index contributed by atoms with van der Waals surface area (Å²) >= 11 is 0. The van der Waals surface area contributed by atoms with Gasteiger partial charge in [0.1, 0.15) is 11.2 Å². The highest BCUT2D eigenvalue weighted by Crippen LogP contribution is 2.48. The standard InChI is InChI=1S/C54H34N2O2/c1-3-16-35(17-4-1)40-25-13-27-45-46-29-15-32-49(54(46)58-52(40)45)55(48-31-14-28-44-42-23-8-10-33-50(42)57-53(44)48)38-21-11-18-36(34-38)39-24-12-26-43-41-22-7-9-30-47(41)56(51(39)43)37-19-5-2-6-20-37/h1-34H. The van der Waals surface area contributed by atoms with Crippen LogP contribution in [0.3, 0.4) is 0 Å². The van der Waals surface area contributed by atoms with Crippen molar-refractivity contribution in [1.29, 1.82) is 0 Å². The number of furan rings is 2. The zero-order valence-electron chi connectivity index (χ0n) is 31.3. The van der Waals surface area contributed by atoms with Crippen molar-refractivity contribution in [2.45, 2.75) is 0 Å². The summed E-state index contributed by atoms with van der Waals surface area (Å²) in [6.45, 7) is 0. The Kier molecular flexibility index (Phi) is 7.20. The van der Waals surface area contributed by atoms with E-state index in [0.717, 1.165) is 88.9 Å². The fourth-order valence-electron chi connectivity index (χ4n) is 9.05. The van der Waals surface area contributed by atoms with Crippen LogP contribution >= 0.6 is 0 Å². The van der Waals surface area contributed by atoms with Crippen molar-refractivity contribution in [3.63, 3.8) is 0 Å². The summed E-state index contributed by atoms with van der Waals surface area (Å²) in [6, 6.07) is 73.0. The summed E-state index contributed by atoms with van der Waals surface area (Å²) in [5.41, 5.74) is 14.1. The molecule has 3 aromatic heterocycles. The van der Waals surface area contributed by atoms with Crippen LogP contribution in [0, 0.1) is 0 Å². The highest BCUT2D eigenvalue weighted by Gasteiger charge is 2.25. The largest absolute Gasteiger partial charge is 0.454 e. The van der Waals surface area contributed by atoms with Crippen LogP contribution in [0.15, 0.2) is 215 Å². The second-order valence-electron chi connectivity index (χ2n) is 14.8. The highest BCUT2D eigenvalue weighted by molar-refractivity contribution is 6.17. The van der Waals surface area contributed by atoms with Crippen LogP contribution in [0.1, 0.15) is 0 Å². The lowest BCUT2D eigenvalue weighted by Gasteiger charge is -2.26. The van der Waals surface area contributed by atoms with Gasteiger partial charge in [0, 0.05) is 54.8 Å². The minimum atomic E-state index is 0.811. The molecule has 0 atom stereocenters. The first-order valence-corrected chi connectivity index (χ1v) is 19.7.